The summed E-state index contributed by atoms with van der Waals surface area (Å²) in [7, 11) is -5.50. The minimum absolute atomic E-state index is 0.00938. The van der Waals surface area contributed by atoms with Gasteiger partial charge in [-0.2, -0.15) is 0 Å². The van der Waals surface area contributed by atoms with E-state index < -0.39 is 52.9 Å². The third-order valence-electron chi connectivity index (χ3n) is 6.29. The Bertz CT molecular complexity index is 599. The van der Waals surface area contributed by atoms with Crippen LogP contribution in [0.2, 0.25) is 18.1 Å². The van der Waals surface area contributed by atoms with E-state index in [1.807, 2.05) is 0 Å². The maximum atomic E-state index is 13.2. The zero-order valence-electron chi connectivity index (χ0n) is 17.9. The van der Waals surface area contributed by atoms with Gasteiger partial charge in [0.15, 0.2) is 8.32 Å². The fourth-order valence-corrected chi connectivity index (χ4v) is 7.21. The minimum Gasteiger partial charge on any atom is -0.408 e. The first kappa shape index (κ1) is 22.8. The highest BCUT2D eigenvalue weighted by atomic mass is 31.2. The second-order valence-electron chi connectivity index (χ2n) is 9.22. The van der Waals surface area contributed by atoms with Gasteiger partial charge in [0.1, 0.15) is 18.3 Å². The average Bonchev–Trinajstić information content (AvgIpc) is 2.56. The summed E-state index contributed by atoms with van der Waals surface area (Å²) in [5.74, 6) is -0.370. The molecule has 0 aromatic rings. The van der Waals surface area contributed by atoms with Crippen molar-refractivity contribution in [1.29, 1.82) is 0 Å². The Labute approximate surface area is 168 Å². The van der Waals surface area contributed by atoms with E-state index in [1.54, 1.807) is 13.8 Å². The lowest BCUT2D eigenvalue weighted by molar-refractivity contribution is -0.473. The van der Waals surface area contributed by atoms with Crippen LogP contribution in [0.5, 0.6) is 0 Å². The van der Waals surface area contributed by atoms with Crippen LogP contribution < -0.4 is 0 Å². The molecule has 10 heteroatoms. The molecule has 1 saturated carbocycles. The second-order valence-corrected chi connectivity index (χ2v) is 16.1. The molecule has 4 aliphatic rings. The molecule has 0 aromatic carbocycles. The van der Waals surface area contributed by atoms with E-state index in [1.165, 1.54) is 0 Å². The van der Waals surface area contributed by atoms with E-state index in [4.69, 9.17) is 27.7 Å². The van der Waals surface area contributed by atoms with E-state index in [0.29, 0.717) is 0 Å². The molecule has 1 unspecified atom stereocenters. The molecular formula is C18H35O8PSi. The molecule has 4 rings (SSSR count). The standard InChI is InChI=1S/C18H35O8PSi/c1-8-21-27(20,22-9-2)10-11-13-12(19)15-16(14(11)24-17(23-13)25-15)26-28(6,7)18(3,4)5/h11-17,19H,8-10H2,1-7H3/t11-,12+,13-,14+,15-,16+,17?/m0/s1. The molecule has 0 aromatic heterocycles. The Hall–Kier alpha value is 0.167. The van der Waals surface area contributed by atoms with E-state index in [0.717, 1.165) is 0 Å². The van der Waals surface area contributed by atoms with Gasteiger partial charge in [0.05, 0.1) is 31.6 Å². The number of hydrogen-bond acceptors (Lipinski definition) is 8. The summed E-state index contributed by atoms with van der Waals surface area (Å²) in [6.07, 6.45) is -2.68. The van der Waals surface area contributed by atoms with E-state index in [2.05, 4.69) is 33.9 Å². The highest BCUT2D eigenvalue weighted by molar-refractivity contribution is 7.53. The first-order chi connectivity index (χ1) is 12.9. The van der Waals surface area contributed by atoms with Gasteiger partial charge in [0, 0.05) is 5.92 Å². The molecule has 3 saturated heterocycles. The summed E-state index contributed by atoms with van der Waals surface area (Å²) in [6.45, 7) is 14.1. The molecule has 8 nitrogen and oxygen atoms in total. The van der Waals surface area contributed by atoms with Crippen molar-refractivity contribution < 1.29 is 37.4 Å². The highest BCUT2D eigenvalue weighted by Crippen LogP contribution is 2.55. The van der Waals surface area contributed by atoms with Gasteiger partial charge in [-0.1, -0.05) is 20.8 Å². The summed E-state index contributed by atoms with van der Waals surface area (Å²) >= 11 is 0. The lowest BCUT2D eigenvalue weighted by Crippen LogP contribution is -2.75. The van der Waals surface area contributed by atoms with Crippen molar-refractivity contribution in [3.05, 3.63) is 0 Å². The average molecular weight is 439 g/mol. The van der Waals surface area contributed by atoms with Crippen LogP contribution in [-0.2, 0) is 32.2 Å². The van der Waals surface area contributed by atoms with Gasteiger partial charge in [-0.3, -0.25) is 4.57 Å². The molecule has 4 fully saturated rings. The molecular weight excluding hydrogens is 403 g/mol. The Morgan fingerprint density at radius 1 is 1.00 bits per heavy atom. The number of aliphatic hydroxyl groups excluding tert-OH is 1. The van der Waals surface area contributed by atoms with Crippen molar-refractivity contribution in [3.8, 4) is 0 Å². The van der Waals surface area contributed by atoms with E-state index in [-0.39, 0.29) is 30.3 Å². The lowest BCUT2D eigenvalue weighted by atomic mass is 9.77. The highest BCUT2D eigenvalue weighted by Gasteiger charge is 2.64. The smallest absolute Gasteiger partial charge is 0.331 e. The Morgan fingerprint density at radius 2 is 1.54 bits per heavy atom. The molecule has 3 heterocycles. The van der Waals surface area contributed by atoms with Crippen LogP contribution in [0, 0.1) is 5.92 Å². The molecule has 1 aliphatic carbocycles. The predicted molar refractivity (Wildman–Crippen MR) is 106 cm³/mol. The van der Waals surface area contributed by atoms with Crippen molar-refractivity contribution in [1.82, 2.24) is 0 Å². The Morgan fingerprint density at radius 3 is 2.07 bits per heavy atom. The Kier molecular flexibility index (Phi) is 6.54. The third-order valence-corrected chi connectivity index (χ3v) is 12.9. The predicted octanol–water partition coefficient (Wildman–Crippen LogP) is 3.10. The van der Waals surface area contributed by atoms with Crippen molar-refractivity contribution >= 4 is 15.9 Å². The molecule has 0 spiro atoms. The maximum absolute atomic E-state index is 13.2. The van der Waals surface area contributed by atoms with E-state index in [9.17, 15) is 9.67 Å². The summed E-state index contributed by atoms with van der Waals surface area (Å²) < 4.78 is 48.2. The fourth-order valence-electron chi connectivity index (χ4n) is 3.90. The van der Waals surface area contributed by atoms with Crippen LogP contribution in [0.25, 0.3) is 0 Å². The van der Waals surface area contributed by atoms with Gasteiger partial charge >= 0.3 is 7.60 Å². The monoisotopic (exact) mass is 438 g/mol. The third kappa shape index (κ3) is 4.15. The van der Waals surface area contributed by atoms with Crippen LogP contribution in [0.15, 0.2) is 0 Å². The second kappa shape index (κ2) is 8.02. The van der Waals surface area contributed by atoms with E-state index >= 15 is 0 Å². The van der Waals surface area contributed by atoms with Crippen LogP contribution in [0.4, 0.5) is 0 Å². The molecule has 0 amide bonds. The first-order valence-electron chi connectivity index (χ1n) is 10.1. The quantitative estimate of drug-likeness (QED) is 0.457. The zero-order valence-corrected chi connectivity index (χ0v) is 19.8. The molecule has 1 N–H and O–H groups in total. The SMILES string of the molecule is CCOP(=O)(C[C@H]1[C@@H]2OC3O[C@H]1[C@@H](O[Si](C)(C)C(C)(C)C)[C@@H](O3)[C@@H]2O)OCC. The number of rotatable bonds is 8. The fraction of sp³-hybridized carbons (Fsp3) is 1.00. The minimum atomic E-state index is -3.34. The lowest BCUT2D eigenvalue weighted by Gasteiger charge is -2.60. The molecule has 3 aliphatic heterocycles. The van der Waals surface area contributed by atoms with Crippen LogP contribution in [-0.4, -0.2) is 69.8 Å². The summed E-state index contributed by atoms with van der Waals surface area (Å²) in [5, 5.41) is 10.9. The van der Waals surface area contributed by atoms with Crippen molar-refractivity contribution in [2.75, 3.05) is 19.4 Å². The molecule has 0 radical (unpaired) electrons. The van der Waals surface area contributed by atoms with Gasteiger partial charge < -0.3 is 32.8 Å². The first-order valence-corrected chi connectivity index (χ1v) is 14.8. The molecule has 4 bridgehead atoms. The van der Waals surface area contributed by atoms with Crippen molar-refractivity contribution in [2.24, 2.45) is 5.92 Å². The largest absolute Gasteiger partial charge is 0.408 e. The van der Waals surface area contributed by atoms with Crippen molar-refractivity contribution in [3.63, 3.8) is 0 Å². The number of aliphatic hydroxyl groups is 1. The summed E-state index contributed by atoms with van der Waals surface area (Å²) in [6, 6.07) is 0. The topological polar surface area (TPSA) is 92.7 Å². The van der Waals surface area contributed by atoms with Gasteiger partial charge in [-0.25, -0.2) is 0 Å². The maximum Gasteiger partial charge on any atom is 0.331 e. The van der Waals surface area contributed by atoms with Crippen LogP contribution >= 0.6 is 7.60 Å². The van der Waals surface area contributed by atoms with Gasteiger partial charge in [-0.05, 0) is 32.0 Å². The summed E-state index contributed by atoms with van der Waals surface area (Å²) in [5.41, 5.74) is 0. The van der Waals surface area contributed by atoms with Crippen LogP contribution in [0.3, 0.4) is 0 Å². The van der Waals surface area contributed by atoms with Crippen molar-refractivity contribution in [2.45, 2.75) is 89.7 Å². The molecule has 7 atom stereocenters. The normalized spacial score (nSPS) is 38.2. The van der Waals surface area contributed by atoms with Gasteiger partial charge in [0.25, 0.3) is 6.48 Å². The number of ether oxygens (including phenoxy) is 3. The Balaban J connectivity index is 1.87. The van der Waals surface area contributed by atoms with Gasteiger partial charge in [0.2, 0.25) is 0 Å². The van der Waals surface area contributed by atoms with Crippen LogP contribution in [0.1, 0.15) is 34.6 Å². The van der Waals surface area contributed by atoms with Gasteiger partial charge in [-0.15, -0.1) is 0 Å². The summed E-state index contributed by atoms with van der Waals surface area (Å²) in [4.78, 5) is 0. The molecule has 28 heavy (non-hydrogen) atoms. The molecule has 164 valence electrons. The number of hydrogen-bond donors (Lipinski definition) is 1. The zero-order chi connectivity index (χ0) is 20.9.